The van der Waals surface area contributed by atoms with Crippen molar-refractivity contribution in [2.75, 3.05) is 13.2 Å². The van der Waals surface area contributed by atoms with E-state index in [1.807, 2.05) is 6.92 Å². The van der Waals surface area contributed by atoms with Crippen LogP contribution in [0.1, 0.15) is 26.2 Å². The van der Waals surface area contributed by atoms with E-state index in [0.29, 0.717) is 19.4 Å². The van der Waals surface area contributed by atoms with Gasteiger partial charge in [0.25, 0.3) is 5.91 Å². The molecule has 18 heavy (non-hydrogen) atoms. The Morgan fingerprint density at radius 2 is 2.33 bits per heavy atom. The largest absolute Gasteiger partial charge is 0.480 e. The molecule has 2 saturated heterocycles. The van der Waals surface area contributed by atoms with Crippen LogP contribution in [0.25, 0.3) is 0 Å². The second-order valence-corrected chi connectivity index (χ2v) is 4.65. The highest BCUT2D eigenvalue weighted by molar-refractivity contribution is 6.08. The van der Waals surface area contributed by atoms with E-state index in [4.69, 9.17) is 9.84 Å². The van der Waals surface area contributed by atoms with Crippen LogP contribution in [-0.4, -0.2) is 52.7 Å². The van der Waals surface area contributed by atoms with Crippen LogP contribution in [0.2, 0.25) is 0 Å². The number of aliphatic carboxylic acids is 1. The van der Waals surface area contributed by atoms with Gasteiger partial charge in [0, 0.05) is 19.4 Å². The first kappa shape index (κ1) is 12.8. The molecule has 1 spiro atoms. The molecule has 3 amide bonds. The number of amides is 3. The average Bonchev–Trinajstić information content (AvgIpc) is 2.54. The number of imide groups is 1. The summed E-state index contributed by atoms with van der Waals surface area (Å²) in [5, 5.41) is 11.3. The number of nitrogens with one attached hydrogen (secondary N) is 1. The Morgan fingerprint density at radius 3 is 2.94 bits per heavy atom. The van der Waals surface area contributed by atoms with Crippen molar-refractivity contribution < 1.29 is 24.2 Å². The predicted octanol–water partition coefficient (Wildman–Crippen LogP) is -0.0494. The molecule has 7 nitrogen and oxygen atoms in total. The average molecular weight is 256 g/mol. The number of hydrogen-bond acceptors (Lipinski definition) is 4. The normalized spacial score (nSPS) is 31.8. The minimum atomic E-state index is -1.20. The molecule has 2 rings (SSSR count). The summed E-state index contributed by atoms with van der Waals surface area (Å²) in [6, 6.07) is -0.626. The Hall–Kier alpha value is -1.63. The number of carbonyl (C=O) groups excluding carboxylic acids is 2. The van der Waals surface area contributed by atoms with Crippen molar-refractivity contribution in [3.8, 4) is 0 Å². The van der Waals surface area contributed by atoms with E-state index in [0.717, 1.165) is 11.3 Å². The Morgan fingerprint density at radius 1 is 1.61 bits per heavy atom. The summed E-state index contributed by atoms with van der Waals surface area (Å²) < 4.78 is 5.48. The molecular formula is C11H16N2O5. The van der Waals surface area contributed by atoms with Gasteiger partial charge in [-0.15, -0.1) is 0 Å². The Labute approximate surface area is 104 Å². The minimum Gasteiger partial charge on any atom is -0.480 e. The summed E-state index contributed by atoms with van der Waals surface area (Å²) in [4.78, 5) is 35.3. The van der Waals surface area contributed by atoms with Gasteiger partial charge in [-0.25, -0.2) is 4.79 Å². The third-order valence-electron chi connectivity index (χ3n) is 3.45. The van der Waals surface area contributed by atoms with Crippen molar-refractivity contribution in [3.05, 3.63) is 0 Å². The van der Waals surface area contributed by atoms with E-state index < -0.39 is 30.0 Å². The van der Waals surface area contributed by atoms with Crippen LogP contribution in [0.5, 0.6) is 0 Å². The van der Waals surface area contributed by atoms with Crippen molar-refractivity contribution in [2.45, 2.75) is 37.8 Å². The Bertz CT molecular complexity index is 397. The molecule has 2 atom stereocenters. The van der Waals surface area contributed by atoms with Gasteiger partial charge in [-0.05, 0) is 6.42 Å². The second kappa shape index (κ2) is 4.56. The van der Waals surface area contributed by atoms with Crippen molar-refractivity contribution >= 4 is 17.9 Å². The SMILES string of the molecule is CCC1CC2(CCO1)NC(=O)N(CC(=O)O)C2=O. The molecule has 0 saturated carbocycles. The topological polar surface area (TPSA) is 95.9 Å². The minimum absolute atomic E-state index is 0.0761. The van der Waals surface area contributed by atoms with Gasteiger partial charge in [0.05, 0.1) is 6.10 Å². The fourth-order valence-electron chi connectivity index (χ4n) is 2.47. The van der Waals surface area contributed by atoms with E-state index in [9.17, 15) is 14.4 Å². The fraction of sp³-hybridized carbons (Fsp3) is 0.727. The van der Waals surface area contributed by atoms with Crippen LogP contribution < -0.4 is 5.32 Å². The molecule has 0 bridgehead atoms. The highest BCUT2D eigenvalue weighted by Crippen LogP contribution is 2.32. The van der Waals surface area contributed by atoms with Crippen LogP contribution in [0.15, 0.2) is 0 Å². The van der Waals surface area contributed by atoms with Crippen LogP contribution in [0.3, 0.4) is 0 Å². The van der Waals surface area contributed by atoms with Crippen molar-refractivity contribution in [2.24, 2.45) is 0 Å². The van der Waals surface area contributed by atoms with Crippen LogP contribution in [0, 0.1) is 0 Å². The smallest absolute Gasteiger partial charge is 0.325 e. The molecule has 2 aliphatic rings. The lowest BCUT2D eigenvalue weighted by atomic mass is 9.86. The predicted molar refractivity (Wildman–Crippen MR) is 59.9 cm³/mol. The van der Waals surface area contributed by atoms with E-state index in [1.54, 1.807) is 0 Å². The molecule has 0 aromatic heterocycles. The molecule has 2 fully saturated rings. The van der Waals surface area contributed by atoms with Gasteiger partial charge in [-0.1, -0.05) is 6.92 Å². The van der Waals surface area contributed by atoms with E-state index >= 15 is 0 Å². The van der Waals surface area contributed by atoms with Crippen LogP contribution in [-0.2, 0) is 14.3 Å². The number of carboxylic acids is 1. The summed E-state index contributed by atoms with van der Waals surface area (Å²) in [5.41, 5.74) is -0.967. The van der Waals surface area contributed by atoms with E-state index in [-0.39, 0.29) is 6.10 Å². The van der Waals surface area contributed by atoms with Gasteiger partial charge in [-0.3, -0.25) is 14.5 Å². The molecule has 0 aromatic carbocycles. The molecule has 7 heteroatoms. The molecule has 2 N–H and O–H groups in total. The van der Waals surface area contributed by atoms with Crippen molar-refractivity contribution in [1.29, 1.82) is 0 Å². The molecule has 0 aliphatic carbocycles. The number of hydrogen-bond donors (Lipinski definition) is 2. The van der Waals surface area contributed by atoms with Crippen LogP contribution in [0.4, 0.5) is 4.79 Å². The number of carboxylic acid groups (broad SMARTS) is 1. The number of urea groups is 1. The number of nitrogens with zero attached hydrogens (tertiary/aromatic N) is 1. The third kappa shape index (κ3) is 2.05. The standard InChI is InChI=1S/C11H16N2O5/c1-2-7-5-11(3-4-18-7)9(16)13(6-8(14)15)10(17)12-11/h7H,2-6H2,1H3,(H,12,17)(H,14,15). The molecule has 2 aliphatic heterocycles. The van der Waals surface area contributed by atoms with Gasteiger partial charge in [0.1, 0.15) is 12.1 Å². The molecule has 2 heterocycles. The summed E-state index contributed by atoms with van der Waals surface area (Å²) in [6.45, 7) is 1.75. The maximum atomic E-state index is 12.2. The summed E-state index contributed by atoms with van der Waals surface area (Å²) in [5.74, 6) is -1.65. The summed E-state index contributed by atoms with van der Waals surface area (Å²) in [6.07, 6.45) is 1.48. The zero-order valence-electron chi connectivity index (χ0n) is 10.1. The Balaban J connectivity index is 2.17. The van der Waals surface area contributed by atoms with Gasteiger partial charge in [0.15, 0.2) is 0 Å². The molecule has 0 radical (unpaired) electrons. The molecule has 100 valence electrons. The van der Waals surface area contributed by atoms with Crippen molar-refractivity contribution in [3.63, 3.8) is 0 Å². The first-order valence-corrected chi connectivity index (χ1v) is 5.96. The molecular weight excluding hydrogens is 240 g/mol. The molecule has 2 unspecified atom stereocenters. The monoisotopic (exact) mass is 256 g/mol. The highest BCUT2D eigenvalue weighted by atomic mass is 16.5. The lowest BCUT2D eigenvalue weighted by molar-refractivity contribution is -0.145. The fourth-order valence-corrected chi connectivity index (χ4v) is 2.47. The summed E-state index contributed by atoms with van der Waals surface area (Å²) >= 11 is 0. The number of rotatable bonds is 3. The second-order valence-electron chi connectivity index (χ2n) is 4.65. The quantitative estimate of drug-likeness (QED) is 0.690. The zero-order chi connectivity index (χ0) is 13.3. The first-order chi connectivity index (χ1) is 8.48. The van der Waals surface area contributed by atoms with Gasteiger partial charge < -0.3 is 15.2 Å². The maximum absolute atomic E-state index is 12.2. The van der Waals surface area contributed by atoms with Gasteiger partial charge in [-0.2, -0.15) is 0 Å². The van der Waals surface area contributed by atoms with E-state index in [2.05, 4.69) is 5.32 Å². The number of carbonyl (C=O) groups is 3. The zero-order valence-corrected chi connectivity index (χ0v) is 10.1. The lowest BCUT2D eigenvalue weighted by Crippen LogP contribution is -2.53. The lowest BCUT2D eigenvalue weighted by Gasteiger charge is -2.35. The van der Waals surface area contributed by atoms with Crippen molar-refractivity contribution in [1.82, 2.24) is 10.2 Å². The number of ether oxygens (including phenoxy) is 1. The van der Waals surface area contributed by atoms with Gasteiger partial charge in [0.2, 0.25) is 0 Å². The maximum Gasteiger partial charge on any atom is 0.325 e. The van der Waals surface area contributed by atoms with E-state index in [1.165, 1.54) is 0 Å². The summed E-state index contributed by atoms with van der Waals surface area (Å²) in [7, 11) is 0. The van der Waals surface area contributed by atoms with Crippen LogP contribution >= 0.6 is 0 Å². The highest BCUT2D eigenvalue weighted by Gasteiger charge is 2.53. The third-order valence-corrected chi connectivity index (χ3v) is 3.45. The Kier molecular flexibility index (Phi) is 3.25. The van der Waals surface area contributed by atoms with Gasteiger partial charge >= 0.3 is 12.0 Å². The first-order valence-electron chi connectivity index (χ1n) is 5.96. The molecule has 0 aromatic rings.